The fourth-order valence-electron chi connectivity index (χ4n) is 14.6. The number of carboxylic acid groups (broad SMARTS) is 1. The number of carboxylic acids is 1. The largest absolute Gasteiger partial charge is 0.479 e. The first-order valence-corrected chi connectivity index (χ1v) is 23.6. The van der Waals surface area contributed by atoms with E-state index in [1.54, 1.807) is 0 Å². The average Bonchev–Trinajstić information content (AvgIpc) is 3.23. The van der Waals surface area contributed by atoms with Crippen LogP contribution in [0.5, 0.6) is 0 Å². The lowest BCUT2D eigenvalue weighted by Gasteiger charge is -2.71. The van der Waals surface area contributed by atoms with Crippen LogP contribution in [-0.2, 0) is 38.0 Å². The van der Waals surface area contributed by atoms with Gasteiger partial charge in [0.05, 0.1) is 36.9 Å². The van der Waals surface area contributed by atoms with Crippen LogP contribution in [0.25, 0.3) is 0 Å². The van der Waals surface area contributed by atoms with Gasteiger partial charge in [-0.25, -0.2) is 4.79 Å². The van der Waals surface area contributed by atoms with Gasteiger partial charge in [-0.05, 0) is 104 Å². The van der Waals surface area contributed by atoms with E-state index in [-0.39, 0.29) is 57.9 Å². The molecular formula is C47H74O17. The predicted octanol–water partition coefficient (Wildman–Crippen LogP) is 1.55. The summed E-state index contributed by atoms with van der Waals surface area (Å²) in [6.45, 7) is 15.0. The molecule has 4 saturated carbocycles. The van der Waals surface area contributed by atoms with Gasteiger partial charge in [0, 0.05) is 5.41 Å². The number of rotatable bonds is 9. The van der Waals surface area contributed by atoms with Crippen molar-refractivity contribution in [2.24, 2.45) is 50.2 Å². The molecule has 364 valence electrons. The van der Waals surface area contributed by atoms with E-state index in [1.807, 2.05) is 6.92 Å². The van der Waals surface area contributed by atoms with Gasteiger partial charge in [0.1, 0.15) is 55.1 Å². The molecule has 8 aliphatic rings. The molecule has 17 nitrogen and oxygen atoms in total. The van der Waals surface area contributed by atoms with Gasteiger partial charge < -0.3 is 79.2 Å². The van der Waals surface area contributed by atoms with E-state index in [0.717, 1.165) is 38.4 Å². The molecule has 0 aromatic rings. The quantitative estimate of drug-likeness (QED) is 0.0902. The number of ether oxygens (including phenoxy) is 6. The van der Waals surface area contributed by atoms with Crippen molar-refractivity contribution < 1.29 is 84.0 Å². The molecule has 64 heavy (non-hydrogen) atoms. The highest BCUT2D eigenvalue weighted by molar-refractivity contribution is 5.73. The Morgan fingerprint density at radius 3 is 2.11 bits per heavy atom. The predicted molar refractivity (Wildman–Crippen MR) is 224 cm³/mol. The highest BCUT2D eigenvalue weighted by atomic mass is 16.8. The molecule has 0 spiro atoms. The molecule has 3 heterocycles. The van der Waals surface area contributed by atoms with E-state index in [2.05, 4.69) is 47.6 Å². The molecule has 0 aromatic carbocycles. The number of carbonyl (C=O) groups is 2. The summed E-state index contributed by atoms with van der Waals surface area (Å²) in [7, 11) is 0. The molecule has 0 aromatic heterocycles. The van der Waals surface area contributed by atoms with Crippen LogP contribution in [0.15, 0.2) is 11.6 Å². The maximum atomic E-state index is 13.8. The Kier molecular flexibility index (Phi) is 13.0. The topological polar surface area (TPSA) is 272 Å². The Labute approximate surface area is 375 Å². The normalized spacial score (nSPS) is 54.9. The molecule has 9 N–H and O–H groups in total. The maximum Gasteiger partial charge on any atom is 0.335 e. The number of aliphatic carboxylic acids is 1. The zero-order valence-electron chi connectivity index (χ0n) is 38.3. The summed E-state index contributed by atoms with van der Waals surface area (Å²) in [5.74, 6) is -1.40. The van der Waals surface area contributed by atoms with Crippen LogP contribution in [0.2, 0.25) is 0 Å². The number of aliphatic hydroxyl groups is 8. The Hall–Kier alpha value is -1.68. The van der Waals surface area contributed by atoms with Gasteiger partial charge in [0.15, 0.2) is 25.0 Å². The second kappa shape index (κ2) is 17.1. The fraction of sp³-hybridized carbons (Fsp3) is 0.915. The Morgan fingerprint density at radius 1 is 0.734 bits per heavy atom. The summed E-state index contributed by atoms with van der Waals surface area (Å²) < 4.78 is 36.3. The van der Waals surface area contributed by atoms with Crippen LogP contribution < -0.4 is 0 Å². The first kappa shape index (κ1) is 48.8. The van der Waals surface area contributed by atoms with Crippen LogP contribution in [0, 0.1) is 50.2 Å². The Bertz CT molecular complexity index is 1780. The van der Waals surface area contributed by atoms with Gasteiger partial charge >= 0.3 is 5.97 Å². The highest BCUT2D eigenvalue weighted by Crippen LogP contribution is 2.75. The van der Waals surface area contributed by atoms with Crippen molar-refractivity contribution in [2.45, 2.75) is 205 Å². The standard InChI is InChI=1S/C47H74O17/c1-42(2)15-16-43(3)23(18-42)22-8-9-27-44(4)13-11-29(45(5,21-49)26(44)10-14-46(27,6)47(22,7)19-28(43)51)61-41-37(64-40-33(55)32(54)31(53)25(20-48)60-40)35(34(56)36(63-41)38(57)58)62-39-30(52)24(50)12-17-59-39/h8,21,23-37,39-41,48,50-56H,9-20H2,1-7H3,(H,57,58)/t23?,24-,25+,26?,27+,28+,29-,30-,31-,32-,33+,34+,35-,36?,37+,39?,40?,41?,43-,44-,45-,46+,47+/m0/s1. The molecular weight excluding hydrogens is 836 g/mol. The van der Waals surface area contributed by atoms with Crippen LogP contribution in [0.4, 0.5) is 0 Å². The molecule has 8 rings (SSSR count). The monoisotopic (exact) mass is 910 g/mol. The first-order valence-electron chi connectivity index (χ1n) is 23.6. The number of aldehydes is 1. The van der Waals surface area contributed by atoms with E-state index in [9.17, 15) is 55.5 Å². The Balaban J connectivity index is 1.12. The summed E-state index contributed by atoms with van der Waals surface area (Å²) in [6.07, 6.45) is -13.5. The molecule has 0 radical (unpaired) electrons. The molecule has 0 bridgehead atoms. The van der Waals surface area contributed by atoms with E-state index in [1.165, 1.54) is 5.57 Å². The lowest BCUT2D eigenvalue weighted by Crippen LogP contribution is -2.68. The molecule has 6 unspecified atom stereocenters. The van der Waals surface area contributed by atoms with Crippen LogP contribution in [-0.4, -0.2) is 164 Å². The molecule has 7 fully saturated rings. The third-order valence-electron chi connectivity index (χ3n) is 18.9. The third-order valence-corrected chi connectivity index (χ3v) is 18.9. The number of hydrogen-bond donors (Lipinski definition) is 9. The van der Waals surface area contributed by atoms with Crippen molar-refractivity contribution in [1.82, 2.24) is 0 Å². The first-order chi connectivity index (χ1) is 29.9. The fourth-order valence-corrected chi connectivity index (χ4v) is 14.6. The second-order valence-corrected chi connectivity index (χ2v) is 22.8. The summed E-state index contributed by atoms with van der Waals surface area (Å²) in [6, 6.07) is 0. The summed E-state index contributed by atoms with van der Waals surface area (Å²) in [4.78, 5) is 26.5. The summed E-state index contributed by atoms with van der Waals surface area (Å²) >= 11 is 0. The minimum atomic E-state index is -2.04. The van der Waals surface area contributed by atoms with E-state index in [0.29, 0.717) is 25.7 Å². The van der Waals surface area contributed by atoms with Gasteiger partial charge in [0.25, 0.3) is 0 Å². The van der Waals surface area contributed by atoms with Crippen LogP contribution in [0.3, 0.4) is 0 Å². The maximum absolute atomic E-state index is 13.8. The lowest BCUT2D eigenvalue weighted by molar-refractivity contribution is -0.390. The highest BCUT2D eigenvalue weighted by Gasteiger charge is 2.70. The lowest BCUT2D eigenvalue weighted by atomic mass is 9.33. The average molecular weight is 911 g/mol. The number of carbonyl (C=O) groups excluding carboxylic acids is 1. The van der Waals surface area contributed by atoms with Crippen molar-refractivity contribution in [2.75, 3.05) is 13.2 Å². The summed E-state index contributed by atoms with van der Waals surface area (Å²) in [5.41, 5.74) is -0.558. The van der Waals surface area contributed by atoms with E-state index < -0.39 is 110 Å². The van der Waals surface area contributed by atoms with Crippen LogP contribution in [0.1, 0.15) is 113 Å². The number of hydrogen-bond acceptors (Lipinski definition) is 16. The zero-order chi connectivity index (χ0) is 46.7. The van der Waals surface area contributed by atoms with Crippen molar-refractivity contribution in [3.05, 3.63) is 11.6 Å². The second-order valence-electron chi connectivity index (χ2n) is 22.8. The van der Waals surface area contributed by atoms with Gasteiger partial charge in [-0.3, -0.25) is 0 Å². The Morgan fingerprint density at radius 2 is 1.44 bits per heavy atom. The number of allylic oxidation sites excluding steroid dienone is 2. The summed E-state index contributed by atoms with van der Waals surface area (Å²) in [5, 5.41) is 97.5. The number of aliphatic hydroxyl groups excluding tert-OH is 8. The minimum Gasteiger partial charge on any atom is -0.479 e. The molecule has 0 amide bonds. The molecule has 5 aliphatic carbocycles. The smallest absolute Gasteiger partial charge is 0.335 e. The van der Waals surface area contributed by atoms with Gasteiger partial charge in [-0.15, -0.1) is 0 Å². The SMILES string of the molecule is CC1(C)CC[C@@]2(C)C(C1)C1=CC[C@@H]3[C@@]4(C)CC[C@H](OC5OC(C(=O)O)[C@H](O)[C@H](OC6OCC[C@H](O)[C@@H]6O)[C@H]5OC5O[C@H](CO)[C@H](O)[C@H](O)[C@H]5O)[C@@](C)(C=O)C4CC[C@@]3(C)[C@]1(C)C[C@H]2O. The molecule has 3 saturated heterocycles. The van der Waals surface area contributed by atoms with Gasteiger partial charge in [-0.1, -0.05) is 60.1 Å². The van der Waals surface area contributed by atoms with E-state index >= 15 is 0 Å². The van der Waals surface area contributed by atoms with Crippen molar-refractivity contribution >= 4 is 12.3 Å². The van der Waals surface area contributed by atoms with Crippen LogP contribution >= 0.6 is 0 Å². The van der Waals surface area contributed by atoms with Crippen molar-refractivity contribution in [1.29, 1.82) is 0 Å². The van der Waals surface area contributed by atoms with Gasteiger partial charge in [0.2, 0.25) is 0 Å². The van der Waals surface area contributed by atoms with Crippen molar-refractivity contribution in [3.63, 3.8) is 0 Å². The third kappa shape index (κ3) is 7.49. The van der Waals surface area contributed by atoms with Gasteiger partial charge in [-0.2, -0.15) is 0 Å². The molecule has 17 heteroatoms. The minimum absolute atomic E-state index is 0.0579. The van der Waals surface area contributed by atoms with Crippen molar-refractivity contribution in [3.8, 4) is 0 Å². The zero-order valence-corrected chi connectivity index (χ0v) is 38.3. The number of fused-ring (bicyclic) bond motifs is 7. The molecule has 23 atom stereocenters. The molecule has 3 aliphatic heterocycles. The van der Waals surface area contributed by atoms with E-state index in [4.69, 9.17) is 28.4 Å².